The molecular weight excluding hydrogens is 304 g/mol. The van der Waals surface area contributed by atoms with Gasteiger partial charge in [0.2, 0.25) is 0 Å². The van der Waals surface area contributed by atoms with Crippen molar-refractivity contribution in [3.05, 3.63) is 33.8 Å². The predicted molar refractivity (Wildman–Crippen MR) is 79.9 cm³/mol. The zero-order chi connectivity index (χ0) is 14.4. The lowest BCUT2D eigenvalue weighted by Gasteiger charge is -2.24. The Bertz CT molecular complexity index is 491. The summed E-state index contributed by atoms with van der Waals surface area (Å²) < 4.78 is 0.933. The van der Waals surface area contributed by atoms with E-state index in [1.807, 2.05) is 25.1 Å². The van der Waals surface area contributed by atoms with Crippen molar-refractivity contribution in [2.75, 3.05) is 13.1 Å². The van der Waals surface area contributed by atoms with Crippen LogP contribution in [0.2, 0.25) is 0 Å². The first-order chi connectivity index (χ1) is 8.95. The summed E-state index contributed by atoms with van der Waals surface area (Å²) in [6, 6.07) is 7.70. The lowest BCUT2D eigenvalue weighted by Crippen LogP contribution is -2.35. The van der Waals surface area contributed by atoms with Gasteiger partial charge in [-0.25, -0.2) is 0 Å². The summed E-state index contributed by atoms with van der Waals surface area (Å²) in [5, 5.41) is 8.69. The number of carbonyl (C=O) groups excluding carboxylic acids is 1. The summed E-state index contributed by atoms with van der Waals surface area (Å²) in [7, 11) is 0. The van der Waals surface area contributed by atoms with Crippen molar-refractivity contribution in [3.63, 3.8) is 0 Å². The highest BCUT2D eigenvalue weighted by atomic mass is 79.9. The van der Waals surface area contributed by atoms with Gasteiger partial charge in [-0.1, -0.05) is 35.8 Å². The molecule has 0 bridgehead atoms. The van der Waals surface area contributed by atoms with Gasteiger partial charge in [0.1, 0.15) is 0 Å². The van der Waals surface area contributed by atoms with E-state index in [0.29, 0.717) is 31.0 Å². The Morgan fingerprint density at radius 1 is 1.47 bits per heavy atom. The molecule has 4 heteroatoms. The van der Waals surface area contributed by atoms with Crippen LogP contribution in [0.5, 0.6) is 0 Å². The number of hydrogen-bond acceptors (Lipinski definition) is 2. The van der Waals surface area contributed by atoms with E-state index in [1.54, 1.807) is 4.90 Å². The van der Waals surface area contributed by atoms with Gasteiger partial charge in [0.25, 0.3) is 5.91 Å². The van der Waals surface area contributed by atoms with Gasteiger partial charge in [-0.05, 0) is 30.5 Å². The molecule has 0 unspecified atom stereocenters. The van der Waals surface area contributed by atoms with Gasteiger partial charge < -0.3 is 4.90 Å². The predicted octanol–water partition coefficient (Wildman–Crippen LogP) is 3.77. The maximum Gasteiger partial charge on any atom is 0.253 e. The molecule has 0 heterocycles. The molecule has 102 valence electrons. The molecule has 0 saturated heterocycles. The van der Waals surface area contributed by atoms with Crippen molar-refractivity contribution < 1.29 is 4.79 Å². The molecule has 0 spiro atoms. The van der Waals surface area contributed by atoms with Crippen LogP contribution in [0, 0.1) is 24.2 Å². The number of nitrogens with zero attached hydrogens (tertiary/aromatic N) is 2. The van der Waals surface area contributed by atoms with Crippen LogP contribution in [-0.2, 0) is 0 Å². The van der Waals surface area contributed by atoms with Crippen LogP contribution in [0.1, 0.15) is 36.2 Å². The zero-order valence-corrected chi connectivity index (χ0v) is 13.2. The van der Waals surface area contributed by atoms with E-state index in [9.17, 15) is 4.79 Å². The molecule has 1 aromatic rings. The number of rotatable bonds is 5. The number of carbonyl (C=O) groups is 1. The molecule has 1 amide bonds. The number of amides is 1. The number of nitriles is 1. The Balaban J connectivity index is 2.91. The van der Waals surface area contributed by atoms with Crippen molar-refractivity contribution in [1.29, 1.82) is 5.26 Å². The molecule has 0 aliphatic carbocycles. The largest absolute Gasteiger partial charge is 0.337 e. The monoisotopic (exact) mass is 322 g/mol. The average Bonchev–Trinajstić information content (AvgIpc) is 2.36. The summed E-state index contributed by atoms with van der Waals surface area (Å²) in [4.78, 5) is 14.2. The Hall–Kier alpha value is -1.34. The van der Waals surface area contributed by atoms with Gasteiger partial charge in [0, 0.05) is 23.1 Å². The normalized spacial score (nSPS) is 10.3. The van der Waals surface area contributed by atoms with Crippen LogP contribution < -0.4 is 0 Å². The van der Waals surface area contributed by atoms with Crippen molar-refractivity contribution in [1.82, 2.24) is 4.90 Å². The minimum atomic E-state index is -0.00958. The fourth-order valence-electron chi connectivity index (χ4n) is 1.81. The first-order valence-electron chi connectivity index (χ1n) is 6.38. The van der Waals surface area contributed by atoms with Crippen LogP contribution >= 0.6 is 15.9 Å². The smallest absolute Gasteiger partial charge is 0.253 e. The van der Waals surface area contributed by atoms with Crippen molar-refractivity contribution in [2.24, 2.45) is 5.92 Å². The van der Waals surface area contributed by atoms with Gasteiger partial charge >= 0.3 is 0 Å². The summed E-state index contributed by atoms with van der Waals surface area (Å²) in [6.07, 6.45) is 0.367. The van der Waals surface area contributed by atoms with Crippen molar-refractivity contribution >= 4 is 21.8 Å². The first-order valence-corrected chi connectivity index (χ1v) is 7.17. The maximum atomic E-state index is 12.4. The van der Waals surface area contributed by atoms with Gasteiger partial charge in [-0.15, -0.1) is 0 Å². The molecule has 1 aromatic carbocycles. The molecule has 0 atom stereocenters. The van der Waals surface area contributed by atoms with E-state index in [-0.39, 0.29) is 5.91 Å². The van der Waals surface area contributed by atoms with Gasteiger partial charge in [-0.2, -0.15) is 5.26 Å². The van der Waals surface area contributed by atoms with E-state index in [2.05, 4.69) is 35.8 Å². The molecule has 0 saturated carbocycles. The molecule has 3 nitrogen and oxygen atoms in total. The van der Waals surface area contributed by atoms with Crippen LogP contribution in [0.4, 0.5) is 0 Å². The number of aryl methyl sites for hydroxylation is 1. The minimum Gasteiger partial charge on any atom is -0.337 e. The van der Waals surface area contributed by atoms with E-state index < -0.39 is 0 Å². The molecule has 1 rings (SSSR count). The van der Waals surface area contributed by atoms with E-state index in [4.69, 9.17) is 5.26 Å². The van der Waals surface area contributed by atoms with Crippen LogP contribution in [-0.4, -0.2) is 23.9 Å². The Morgan fingerprint density at radius 3 is 2.68 bits per heavy atom. The van der Waals surface area contributed by atoms with Crippen LogP contribution in [0.25, 0.3) is 0 Å². The Morgan fingerprint density at radius 2 is 2.16 bits per heavy atom. The summed E-state index contributed by atoms with van der Waals surface area (Å²) in [5.74, 6) is 0.376. The van der Waals surface area contributed by atoms with Crippen molar-refractivity contribution in [3.8, 4) is 6.07 Å². The molecule has 19 heavy (non-hydrogen) atoms. The third-order valence-electron chi connectivity index (χ3n) is 2.79. The fraction of sp³-hybridized carbons (Fsp3) is 0.467. The quantitative estimate of drug-likeness (QED) is 0.828. The molecule has 0 aliphatic rings. The number of halogens is 1. The molecular formula is C15H19BrN2O. The Labute approximate surface area is 123 Å². The van der Waals surface area contributed by atoms with Gasteiger partial charge in [0.05, 0.1) is 12.5 Å². The molecule has 0 N–H and O–H groups in total. The minimum absolute atomic E-state index is 0.00958. The molecule has 0 fully saturated rings. The number of benzene rings is 1. The molecule has 0 aliphatic heterocycles. The third kappa shape index (κ3) is 4.68. The average molecular weight is 323 g/mol. The summed E-state index contributed by atoms with van der Waals surface area (Å²) in [5.41, 5.74) is 1.76. The van der Waals surface area contributed by atoms with E-state index in [0.717, 1.165) is 10.0 Å². The number of hydrogen-bond donors (Lipinski definition) is 0. The highest BCUT2D eigenvalue weighted by Gasteiger charge is 2.17. The van der Waals surface area contributed by atoms with Crippen LogP contribution in [0.3, 0.4) is 0 Å². The summed E-state index contributed by atoms with van der Waals surface area (Å²) in [6.45, 7) is 7.28. The second-order valence-electron chi connectivity index (χ2n) is 5.02. The van der Waals surface area contributed by atoms with E-state index in [1.165, 1.54) is 0 Å². The van der Waals surface area contributed by atoms with Gasteiger partial charge in [0.15, 0.2) is 0 Å². The topological polar surface area (TPSA) is 44.1 Å². The third-order valence-corrected chi connectivity index (χ3v) is 3.64. The zero-order valence-electron chi connectivity index (χ0n) is 11.6. The standard InChI is InChI=1S/C15H19BrN2O/c1-11(2)10-18(8-4-7-17)15(19)13-6-5-12(3)14(16)9-13/h5-6,9,11H,4,8,10H2,1-3H3. The summed E-state index contributed by atoms with van der Waals surface area (Å²) >= 11 is 3.44. The lowest BCUT2D eigenvalue weighted by atomic mass is 10.1. The lowest BCUT2D eigenvalue weighted by molar-refractivity contribution is 0.0740. The SMILES string of the molecule is Cc1ccc(C(=O)N(CCC#N)CC(C)C)cc1Br. The second-order valence-corrected chi connectivity index (χ2v) is 5.87. The second kappa shape index (κ2) is 7.30. The fourth-order valence-corrected chi connectivity index (χ4v) is 2.19. The molecule has 0 radical (unpaired) electrons. The van der Waals surface area contributed by atoms with Crippen molar-refractivity contribution in [2.45, 2.75) is 27.2 Å². The van der Waals surface area contributed by atoms with Gasteiger partial charge in [-0.3, -0.25) is 4.79 Å². The highest BCUT2D eigenvalue weighted by molar-refractivity contribution is 9.10. The maximum absolute atomic E-state index is 12.4. The Kier molecular flexibility index (Phi) is 6.04. The van der Waals surface area contributed by atoms with Crippen LogP contribution in [0.15, 0.2) is 22.7 Å². The highest BCUT2D eigenvalue weighted by Crippen LogP contribution is 2.19. The first kappa shape index (κ1) is 15.7. The molecule has 0 aromatic heterocycles. The van der Waals surface area contributed by atoms with E-state index >= 15 is 0 Å².